The van der Waals surface area contributed by atoms with Gasteiger partial charge in [0.25, 0.3) is 5.91 Å². The third-order valence-corrected chi connectivity index (χ3v) is 6.60. The van der Waals surface area contributed by atoms with Gasteiger partial charge in [-0.1, -0.05) is 70.2 Å². The van der Waals surface area contributed by atoms with Gasteiger partial charge < -0.3 is 9.64 Å². The van der Waals surface area contributed by atoms with E-state index in [0.717, 1.165) is 23.8 Å². The lowest BCUT2D eigenvalue weighted by Gasteiger charge is -2.31. The number of ketones is 1. The number of ether oxygens (including phenoxy) is 1. The van der Waals surface area contributed by atoms with Gasteiger partial charge in [0, 0.05) is 17.9 Å². The zero-order valence-corrected chi connectivity index (χ0v) is 19.1. The van der Waals surface area contributed by atoms with Crippen LogP contribution >= 0.6 is 12.2 Å². The zero-order valence-electron chi connectivity index (χ0n) is 18.3. The van der Waals surface area contributed by atoms with Crippen LogP contribution in [0, 0.1) is 5.41 Å². The van der Waals surface area contributed by atoms with Crippen LogP contribution in [-0.2, 0) is 14.3 Å². The Hall–Kier alpha value is -2.27. The van der Waals surface area contributed by atoms with Crippen LogP contribution in [-0.4, -0.2) is 40.8 Å². The minimum atomic E-state index is -0.686. The lowest BCUT2D eigenvalue weighted by atomic mass is 9.84. The van der Waals surface area contributed by atoms with Gasteiger partial charge in [-0.05, 0) is 47.8 Å². The molecule has 0 saturated carbocycles. The summed E-state index contributed by atoms with van der Waals surface area (Å²) in [6, 6.07) is 14.2. The molecule has 2 atom stereocenters. The Kier molecular flexibility index (Phi) is 6.91. The molecule has 5 heteroatoms. The maximum Gasteiger partial charge on any atom is 0.291 e. The molecule has 0 radical (unpaired) electrons. The van der Waals surface area contributed by atoms with Crippen LogP contribution in [0.5, 0.6) is 0 Å². The fourth-order valence-corrected chi connectivity index (χ4v) is 4.34. The fraction of sp³-hybridized carbons (Fsp3) is 0.480. The van der Waals surface area contributed by atoms with Crippen molar-refractivity contribution >= 4 is 39.7 Å². The van der Waals surface area contributed by atoms with Gasteiger partial charge in [-0.15, -0.1) is 0 Å². The van der Waals surface area contributed by atoms with Crippen LogP contribution in [0.25, 0.3) is 10.8 Å². The summed E-state index contributed by atoms with van der Waals surface area (Å²) in [6.45, 7) is 8.61. The van der Waals surface area contributed by atoms with Crippen molar-refractivity contribution in [3.63, 3.8) is 0 Å². The highest BCUT2D eigenvalue weighted by Crippen LogP contribution is 2.37. The summed E-state index contributed by atoms with van der Waals surface area (Å²) < 4.78 is 5.81. The molecule has 4 nitrogen and oxygen atoms in total. The number of amides is 1. The number of likely N-dealkylation sites (tertiary alicyclic amines) is 1. The first-order chi connectivity index (χ1) is 14.3. The lowest BCUT2D eigenvalue weighted by molar-refractivity contribution is -0.149. The number of fused-ring (bicyclic) bond motifs is 1. The summed E-state index contributed by atoms with van der Waals surface area (Å²) in [6.07, 6.45) is 2.20. The number of rotatable bonds is 7. The van der Waals surface area contributed by atoms with Gasteiger partial charge in [0.2, 0.25) is 5.78 Å². The van der Waals surface area contributed by atoms with Gasteiger partial charge in [-0.25, -0.2) is 0 Å². The van der Waals surface area contributed by atoms with Crippen molar-refractivity contribution < 1.29 is 14.3 Å². The summed E-state index contributed by atoms with van der Waals surface area (Å²) in [4.78, 5) is 27.7. The Labute approximate surface area is 184 Å². The molecule has 1 aliphatic heterocycles. The third-order valence-electron chi connectivity index (χ3n) is 6.24. The van der Waals surface area contributed by atoms with E-state index in [1.807, 2.05) is 39.8 Å². The number of benzene rings is 2. The van der Waals surface area contributed by atoms with E-state index in [4.69, 9.17) is 17.0 Å². The van der Waals surface area contributed by atoms with Crippen molar-refractivity contribution in [3.8, 4) is 0 Å². The molecule has 1 fully saturated rings. The molecule has 2 aromatic rings. The van der Waals surface area contributed by atoms with Gasteiger partial charge in [0.05, 0.1) is 6.61 Å². The van der Waals surface area contributed by atoms with Gasteiger partial charge in [0.1, 0.15) is 6.04 Å². The topological polar surface area (TPSA) is 46.6 Å². The second-order valence-electron chi connectivity index (χ2n) is 8.68. The number of hydrogen-bond donors (Lipinski definition) is 0. The van der Waals surface area contributed by atoms with E-state index >= 15 is 0 Å². The fourth-order valence-electron chi connectivity index (χ4n) is 3.97. The summed E-state index contributed by atoms with van der Waals surface area (Å²) in [5, 5.41) is 2.73. The molecular weight excluding hydrogens is 394 g/mol. The molecule has 0 aliphatic carbocycles. The lowest BCUT2D eigenvalue weighted by Crippen LogP contribution is -2.48. The Balaban J connectivity index is 1.95. The molecule has 0 spiro atoms. The van der Waals surface area contributed by atoms with E-state index in [1.54, 1.807) is 4.90 Å². The Morgan fingerprint density at radius 1 is 1.13 bits per heavy atom. The maximum absolute atomic E-state index is 13.2. The molecule has 1 aliphatic rings. The van der Waals surface area contributed by atoms with Crippen molar-refractivity contribution in [1.29, 1.82) is 0 Å². The van der Waals surface area contributed by atoms with E-state index in [-0.39, 0.29) is 11.7 Å². The summed E-state index contributed by atoms with van der Waals surface area (Å²) in [5.41, 5.74) is 0.438. The van der Waals surface area contributed by atoms with Gasteiger partial charge in [-0.3, -0.25) is 9.59 Å². The molecule has 1 amide bonds. The Bertz CT molecular complexity index is 952. The van der Waals surface area contributed by atoms with E-state index in [2.05, 4.69) is 30.3 Å². The summed E-state index contributed by atoms with van der Waals surface area (Å²) in [5.74, 6) is -0.787. The van der Waals surface area contributed by atoms with E-state index < -0.39 is 17.4 Å². The molecule has 30 heavy (non-hydrogen) atoms. The Morgan fingerprint density at radius 3 is 2.50 bits per heavy atom. The zero-order chi connectivity index (χ0) is 21.9. The van der Waals surface area contributed by atoms with Gasteiger partial charge in [-0.2, -0.15) is 0 Å². The summed E-state index contributed by atoms with van der Waals surface area (Å²) in [7, 11) is 0. The normalized spacial score (nSPS) is 19.1. The van der Waals surface area contributed by atoms with Crippen LogP contribution in [0.15, 0.2) is 42.5 Å². The van der Waals surface area contributed by atoms with E-state index in [1.165, 1.54) is 5.39 Å². The number of carbonyl (C=O) groups is 2. The van der Waals surface area contributed by atoms with Gasteiger partial charge >= 0.3 is 0 Å². The molecular formula is C25H31NO3S. The van der Waals surface area contributed by atoms with Crippen molar-refractivity contribution in [3.05, 3.63) is 48.0 Å². The molecule has 0 bridgehead atoms. The minimum Gasteiger partial charge on any atom is -0.485 e. The average Bonchev–Trinajstić information content (AvgIpc) is 3.21. The molecule has 1 unspecified atom stereocenters. The highest BCUT2D eigenvalue weighted by Gasteiger charge is 2.45. The molecule has 3 rings (SSSR count). The highest BCUT2D eigenvalue weighted by atomic mass is 32.1. The monoisotopic (exact) mass is 425 g/mol. The number of thiocarbonyl (C=S) groups is 1. The first-order valence-electron chi connectivity index (χ1n) is 10.8. The maximum atomic E-state index is 13.2. The largest absolute Gasteiger partial charge is 0.485 e. The second kappa shape index (κ2) is 9.25. The molecule has 1 heterocycles. The third kappa shape index (κ3) is 4.41. The van der Waals surface area contributed by atoms with Crippen LogP contribution in [0.2, 0.25) is 0 Å². The van der Waals surface area contributed by atoms with Crippen molar-refractivity contribution in [2.75, 3.05) is 13.2 Å². The van der Waals surface area contributed by atoms with Crippen molar-refractivity contribution in [2.45, 2.75) is 58.9 Å². The predicted molar refractivity (Wildman–Crippen MR) is 125 cm³/mol. The number of carbonyl (C=O) groups excluding carboxylic acids is 2. The molecule has 0 aromatic heterocycles. The molecule has 2 aromatic carbocycles. The number of nitrogens with zero attached hydrogens (tertiary/aromatic N) is 1. The van der Waals surface area contributed by atoms with Gasteiger partial charge in [0.15, 0.2) is 5.05 Å². The Morgan fingerprint density at radius 2 is 1.83 bits per heavy atom. The first-order valence-corrected chi connectivity index (χ1v) is 11.2. The average molecular weight is 426 g/mol. The highest BCUT2D eigenvalue weighted by molar-refractivity contribution is 7.80. The molecule has 160 valence electrons. The van der Waals surface area contributed by atoms with Crippen LogP contribution < -0.4 is 0 Å². The standard InChI is InChI=1S/C25H31NO3S/c1-5-15-29-24(30)21-20(19-12-11-17-9-7-8-10-18(17)16-19)13-14-26(21)23(28)22(27)25(3,4)6-2/h7-12,16,20-21H,5-6,13-15H2,1-4H3/t20?,21-/m0/s1. The summed E-state index contributed by atoms with van der Waals surface area (Å²) >= 11 is 5.63. The SMILES string of the molecule is CCCOC(=S)[C@@H]1C(c2ccc3ccccc3c2)CCN1C(=O)C(=O)C(C)(C)CC. The minimum absolute atomic E-state index is 0.0143. The van der Waals surface area contributed by atoms with Crippen molar-refractivity contribution in [1.82, 2.24) is 4.90 Å². The number of hydrogen-bond acceptors (Lipinski definition) is 4. The van der Waals surface area contributed by atoms with E-state index in [0.29, 0.717) is 24.6 Å². The number of Topliss-reactive ketones (excluding diaryl/α,β-unsaturated/α-hetero) is 1. The van der Waals surface area contributed by atoms with Crippen LogP contribution in [0.3, 0.4) is 0 Å². The second-order valence-corrected chi connectivity index (χ2v) is 9.08. The van der Waals surface area contributed by atoms with Crippen molar-refractivity contribution in [2.24, 2.45) is 5.41 Å². The predicted octanol–water partition coefficient (Wildman–Crippen LogP) is 5.28. The van der Waals surface area contributed by atoms with Crippen LogP contribution in [0.4, 0.5) is 0 Å². The first kappa shape index (κ1) is 22.4. The molecule has 0 N–H and O–H groups in total. The molecule has 1 saturated heterocycles. The quantitative estimate of drug-likeness (QED) is 0.447. The van der Waals surface area contributed by atoms with E-state index in [9.17, 15) is 9.59 Å². The smallest absolute Gasteiger partial charge is 0.291 e. The van der Waals surface area contributed by atoms with Crippen LogP contribution in [0.1, 0.15) is 58.4 Å².